The van der Waals surface area contributed by atoms with E-state index in [0.717, 1.165) is 21.0 Å². The molecule has 0 atom stereocenters. The maximum absolute atomic E-state index is 12.5. The maximum atomic E-state index is 12.5. The highest BCUT2D eigenvalue weighted by atomic mass is 32.2. The number of nitrogens with zero attached hydrogens (tertiary/aromatic N) is 2. The lowest BCUT2D eigenvalue weighted by atomic mass is 10.2. The quantitative estimate of drug-likeness (QED) is 0.396. The number of carbonyl (C=O) groups excluding carboxylic acids is 1. The van der Waals surface area contributed by atoms with Gasteiger partial charge in [-0.2, -0.15) is 0 Å². The number of hydrogen-bond donors (Lipinski definition) is 2. The minimum atomic E-state index is -0.0952. The molecular weight excluding hydrogens is 400 g/mol. The van der Waals surface area contributed by atoms with Crippen LogP contribution in [0.3, 0.4) is 0 Å². The van der Waals surface area contributed by atoms with Crippen molar-refractivity contribution in [2.75, 3.05) is 11.1 Å². The third-order valence-electron chi connectivity index (χ3n) is 3.98. The molecule has 0 unspecified atom stereocenters. The van der Waals surface area contributed by atoms with E-state index >= 15 is 0 Å². The number of anilines is 1. The van der Waals surface area contributed by atoms with Gasteiger partial charge in [0, 0.05) is 15.4 Å². The smallest absolute Gasteiger partial charge is 0.234 e. The van der Waals surface area contributed by atoms with Crippen molar-refractivity contribution in [1.82, 2.24) is 15.2 Å². The standard InChI is InChI=1S/C22H18N4OS2/c27-20(15-28-22-24-21(25-26-22)16-9-3-1-4-10-16)23-18-13-7-8-14-19(18)29-17-11-5-2-6-12-17/h1-14H,15H2,(H,23,27)(H,24,25,26). The van der Waals surface area contributed by atoms with Crippen LogP contribution in [0.2, 0.25) is 0 Å². The lowest BCUT2D eigenvalue weighted by Crippen LogP contribution is -2.14. The molecule has 2 N–H and O–H groups in total. The predicted molar refractivity (Wildman–Crippen MR) is 118 cm³/mol. The molecule has 0 radical (unpaired) electrons. The molecule has 0 aliphatic rings. The number of para-hydroxylation sites is 1. The van der Waals surface area contributed by atoms with E-state index in [1.54, 1.807) is 11.8 Å². The molecule has 1 amide bonds. The highest BCUT2D eigenvalue weighted by Crippen LogP contribution is 2.33. The Morgan fingerprint density at radius 1 is 0.897 bits per heavy atom. The number of benzene rings is 3. The molecule has 0 aliphatic heterocycles. The number of amides is 1. The second-order valence-corrected chi connectivity index (χ2v) is 8.14. The molecule has 1 heterocycles. The summed E-state index contributed by atoms with van der Waals surface area (Å²) in [5, 5.41) is 10.6. The van der Waals surface area contributed by atoms with E-state index in [1.807, 2.05) is 84.9 Å². The number of thioether (sulfide) groups is 1. The fraction of sp³-hybridized carbons (Fsp3) is 0.0455. The Kier molecular flexibility index (Phi) is 6.29. The number of rotatable bonds is 7. The summed E-state index contributed by atoms with van der Waals surface area (Å²) in [5.74, 6) is 0.830. The number of aromatic amines is 1. The van der Waals surface area contributed by atoms with E-state index in [-0.39, 0.29) is 11.7 Å². The highest BCUT2D eigenvalue weighted by Gasteiger charge is 2.11. The maximum Gasteiger partial charge on any atom is 0.234 e. The van der Waals surface area contributed by atoms with E-state index in [9.17, 15) is 4.79 Å². The number of hydrogen-bond acceptors (Lipinski definition) is 5. The molecule has 0 fully saturated rings. The van der Waals surface area contributed by atoms with Crippen LogP contribution in [0.15, 0.2) is 99.9 Å². The number of carbonyl (C=O) groups is 1. The van der Waals surface area contributed by atoms with Gasteiger partial charge in [-0.25, -0.2) is 4.98 Å². The van der Waals surface area contributed by atoms with Crippen molar-refractivity contribution < 1.29 is 4.79 Å². The van der Waals surface area contributed by atoms with Crippen molar-refractivity contribution in [3.05, 3.63) is 84.9 Å². The molecule has 4 rings (SSSR count). The zero-order chi connectivity index (χ0) is 19.9. The van der Waals surface area contributed by atoms with Gasteiger partial charge in [0.05, 0.1) is 11.4 Å². The minimum absolute atomic E-state index is 0.0952. The first-order chi connectivity index (χ1) is 14.3. The SMILES string of the molecule is O=C(CSc1n[nH]c(-c2ccccc2)n1)Nc1ccccc1Sc1ccccc1. The average Bonchev–Trinajstić information content (AvgIpc) is 3.24. The topological polar surface area (TPSA) is 70.7 Å². The van der Waals surface area contributed by atoms with Gasteiger partial charge in [0.25, 0.3) is 0 Å². The predicted octanol–water partition coefficient (Wildman–Crippen LogP) is 5.35. The van der Waals surface area contributed by atoms with Crippen LogP contribution in [0.1, 0.15) is 0 Å². The normalized spacial score (nSPS) is 10.6. The Morgan fingerprint density at radius 2 is 1.59 bits per heavy atom. The zero-order valence-corrected chi connectivity index (χ0v) is 17.0. The van der Waals surface area contributed by atoms with Gasteiger partial charge < -0.3 is 5.32 Å². The fourth-order valence-corrected chi connectivity index (χ4v) is 4.15. The number of H-pyrrole nitrogens is 1. The van der Waals surface area contributed by atoms with E-state index in [0.29, 0.717) is 11.0 Å². The Hall–Kier alpha value is -3.03. The molecule has 29 heavy (non-hydrogen) atoms. The van der Waals surface area contributed by atoms with E-state index in [1.165, 1.54) is 11.8 Å². The van der Waals surface area contributed by atoms with Gasteiger partial charge in [0.15, 0.2) is 5.82 Å². The lowest BCUT2D eigenvalue weighted by Gasteiger charge is -2.10. The molecular formula is C22H18N4OS2. The first-order valence-corrected chi connectivity index (χ1v) is 10.8. The van der Waals surface area contributed by atoms with E-state index < -0.39 is 0 Å². The van der Waals surface area contributed by atoms with Gasteiger partial charge in [-0.15, -0.1) is 5.10 Å². The van der Waals surface area contributed by atoms with Crippen molar-refractivity contribution in [3.8, 4) is 11.4 Å². The first kappa shape index (κ1) is 19.3. The van der Waals surface area contributed by atoms with Crippen LogP contribution in [-0.4, -0.2) is 26.8 Å². The molecule has 0 aliphatic carbocycles. The molecule has 0 spiro atoms. The number of aromatic nitrogens is 3. The van der Waals surface area contributed by atoms with Crippen molar-refractivity contribution in [1.29, 1.82) is 0 Å². The van der Waals surface area contributed by atoms with Gasteiger partial charge in [-0.05, 0) is 24.3 Å². The van der Waals surface area contributed by atoms with Crippen LogP contribution >= 0.6 is 23.5 Å². The Bertz CT molecular complexity index is 1080. The summed E-state index contributed by atoms with van der Waals surface area (Å²) in [6, 6.07) is 27.7. The van der Waals surface area contributed by atoms with Crippen molar-refractivity contribution in [2.24, 2.45) is 0 Å². The van der Waals surface area contributed by atoms with Crippen molar-refractivity contribution in [2.45, 2.75) is 14.9 Å². The van der Waals surface area contributed by atoms with Gasteiger partial charge in [-0.1, -0.05) is 84.2 Å². The highest BCUT2D eigenvalue weighted by molar-refractivity contribution is 8.00. The molecule has 0 saturated carbocycles. The monoisotopic (exact) mass is 418 g/mol. The summed E-state index contributed by atoms with van der Waals surface area (Å²) < 4.78 is 0. The van der Waals surface area contributed by atoms with Crippen molar-refractivity contribution >= 4 is 35.1 Å². The molecule has 4 aromatic rings. The average molecular weight is 419 g/mol. The van der Waals surface area contributed by atoms with Crippen LogP contribution in [0, 0.1) is 0 Å². The minimum Gasteiger partial charge on any atom is -0.324 e. The molecule has 1 aromatic heterocycles. The van der Waals surface area contributed by atoms with Crippen LogP contribution in [0.25, 0.3) is 11.4 Å². The Morgan fingerprint density at radius 3 is 2.38 bits per heavy atom. The van der Waals surface area contributed by atoms with Gasteiger partial charge in [0.1, 0.15) is 0 Å². The summed E-state index contributed by atoms with van der Waals surface area (Å²) >= 11 is 2.92. The van der Waals surface area contributed by atoms with Crippen LogP contribution in [0.4, 0.5) is 5.69 Å². The van der Waals surface area contributed by atoms with Gasteiger partial charge >= 0.3 is 0 Å². The summed E-state index contributed by atoms with van der Waals surface area (Å²) in [7, 11) is 0. The van der Waals surface area contributed by atoms with E-state index in [4.69, 9.17) is 0 Å². The van der Waals surface area contributed by atoms with Crippen LogP contribution in [0.5, 0.6) is 0 Å². The Balaban J connectivity index is 1.36. The summed E-state index contributed by atoms with van der Waals surface area (Å²) in [5.41, 5.74) is 1.76. The molecule has 144 valence electrons. The summed E-state index contributed by atoms with van der Waals surface area (Å²) in [6.07, 6.45) is 0. The summed E-state index contributed by atoms with van der Waals surface area (Å²) in [4.78, 5) is 19.0. The second-order valence-electron chi connectivity index (χ2n) is 6.08. The lowest BCUT2D eigenvalue weighted by molar-refractivity contribution is -0.113. The molecule has 0 bridgehead atoms. The molecule has 0 saturated heterocycles. The molecule has 5 nitrogen and oxygen atoms in total. The first-order valence-electron chi connectivity index (χ1n) is 9.00. The zero-order valence-electron chi connectivity index (χ0n) is 15.4. The third-order valence-corrected chi connectivity index (χ3v) is 5.91. The van der Waals surface area contributed by atoms with Crippen LogP contribution in [-0.2, 0) is 4.79 Å². The molecule has 3 aromatic carbocycles. The second kappa shape index (κ2) is 9.45. The fourth-order valence-electron chi connectivity index (χ4n) is 2.63. The molecule has 7 heteroatoms. The van der Waals surface area contributed by atoms with Gasteiger partial charge in [-0.3, -0.25) is 9.89 Å². The van der Waals surface area contributed by atoms with Gasteiger partial charge in [0.2, 0.25) is 11.1 Å². The summed E-state index contributed by atoms with van der Waals surface area (Å²) in [6.45, 7) is 0. The van der Waals surface area contributed by atoms with Crippen molar-refractivity contribution in [3.63, 3.8) is 0 Å². The van der Waals surface area contributed by atoms with E-state index in [2.05, 4.69) is 20.5 Å². The largest absolute Gasteiger partial charge is 0.324 e. The Labute approximate surface area is 177 Å². The third kappa shape index (κ3) is 5.28. The van der Waals surface area contributed by atoms with Crippen LogP contribution < -0.4 is 5.32 Å². The number of nitrogens with one attached hydrogen (secondary N) is 2.